The molecule has 138 valence electrons. The van der Waals surface area contributed by atoms with Crippen LogP contribution in [0.4, 0.5) is 5.69 Å². The van der Waals surface area contributed by atoms with Crippen LogP contribution in [0.1, 0.15) is 18.4 Å². The number of likely N-dealkylation sites (tertiary alicyclic amines) is 1. The third kappa shape index (κ3) is 5.00. The molecule has 0 aromatic heterocycles. The standard InChI is InChI=1S/C20H22BrClN2O2/c1-26-17-4-2-3-14(11-17)13-24-9-7-15(8-10-24)20(25)23-16-5-6-18(21)19(22)12-16/h2-6,11-12,15H,7-10,13H2,1H3,(H,23,25). The highest BCUT2D eigenvalue weighted by Crippen LogP contribution is 2.27. The molecule has 2 aromatic rings. The first-order chi connectivity index (χ1) is 12.5. The summed E-state index contributed by atoms with van der Waals surface area (Å²) in [5, 5.41) is 3.57. The maximum atomic E-state index is 12.5. The molecule has 0 saturated carbocycles. The van der Waals surface area contributed by atoms with Gasteiger partial charge in [0.05, 0.1) is 12.1 Å². The van der Waals surface area contributed by atoms with Crippen LogP contribution in [0.3, 0.4) is 0 Å². The molecule has 0 spiro atoms. The number of piperidine rings is 1. The second kappa shape index (κ2) is 8.89. The number of hydrogen-bond donors (Lipinski definition) is 1. The molecule has 4 nitrogen and oxygen atoms in total. The minimum Gasteiger partial charge on any atom is -0.497 e. The second-order valence-electron chi connectivity index (χ2n) is 6.52. The molecule has 1 aliphatic rings. The largest absolute Gasteiger partial charge is 0.497 e. The van der Waals surface area contributed by atoms with Gasteiger partial charge >= 0.3 is 0 Å². The summed E-state index contributed by atoms with van der Waals surface area (Å²) in [5.41, 5.74) is 1.97. The van der Waals surface area contributed by atoms with Gasteiger partial charge < -0.3 is 10.1 Å². The van der Waals surface area contributed by atoms with Crippen LogP contribution >= 0.6 is 27.5 Å². The van der Waals surface area contributed by atoms with E-state index >= 15 is 0 Å². The summed E-state index contributed by atoms with van der Waals surface area (Å²) < 4.78 is 6.10. The highest BCUT2D eigenvalue weighted by Gasteiger charge is 2.25. The van der Waals surface area contributed by atoms with Gasteiger partial charge in [0.1, 0.15) is 5.75 Å². The van der Waals surface area contributed by atoms with E-state index in [9.17, 15) is 4.79 Å². The number of carbonyl (C=O) groups excluding carboxylic acids is 1. The number of carbonyl (C=O) groups is 1. The van der Waals surface area contributed by atoms with Gasteiger partial charge in [0.2, 0.25) is 5.91 Å². The van der Waals surface area contributed by atoms with Crippen LogP contribution in [0.5, 0.6) is 5.75 Å². The number of halogens is 2. The number of nitrogens with one attached hydrogen (secondary N) is 1. The molecular weight excluding hydrogens is 416 g/mol. The van der Waals surface area contributed by atoms with Crippen molar-refractivity contribution >= 4 is 39.1 Å². The van der Waals surface area contributed by atoms with Crippen LogP contribution < -0.4 is 10.1 Å². The van der Waals surface area contributed by atoms with E-state index in [0.717, 1.165) is 48.4 Å². The third-order valence-corrected chi connectivity index (χ3v) is 5.92. The van der Waals surface area contributed by atoms with Gasteiger partial charge in [0, 0.05) is 22.6 Å². The van der Waals surface area contributed by atoms with Crippen molar-refractivity contribution in [2.24, 2.45) is 5.92 Å². The van der Waals surface area contributed by atoms with Crippen molar-refractivity contribution in [1.29, 1.82) is 0 Å². The monoisotopic (exact) mass is 436 g/mol. The van der Waals surface area contributed by atoms with Crippen molar-refractivity contribution in [3.05, 3.63) is 57.5 Å². The maximum Gasteiger partial charge on any atom is 0.227 e. The molecule has 0 aliphatic carbocycles. The number of rotatable bonds is 5. The Bertz CT molecular complexity index is 776. The molecule has 1 N–H and O–H groups in total. The van der Waals surface area contributed by atoms with Crippen LogP contribution in [0, 0.1) is 5.92 Å². The van der Waals surface area contributed by atoms with Crippen LogP contribution in [0.15, 0.2) is 46.9 Å². The fourth-order valence-corrected chi connectivity index (χ4v) is 3.63. The molecule has 1 heterocycles. The van der Waals surface area contributed by atoms with Crippen molar-refractivity contribution in [3.8, 4) is 5.75 Å². The Morgan fingerprint density at radius 3 is 2.73 bits per heavy atom. The average molecular weight is 438 g/mol. The highest BCUT2D eigenvalue weighted by atomic mass is 79.9. The highest BCUT2D eigenvalue weighted by molar-refractivity contribution is 9.10. The van der Waals surface area contributed by atoms with E-state index in [2.05, 4.69) is 38.3 Å². The van der Waals surface area contributed by atoms with Gasteiger partial charge in [-0.05, 0) is 77.8 Å². The van der Waals surface area contributed by atoms with Crippen LogP contribution in [0.2, 0.25) is 5.02 Å². The van der Waals surface area contributed by atoms with Gasteiger partial charge in [-0.1, -0.05) is 23.7 Å². The molecule has 2 aromatic carbocycles. The Morgan fingerprint density at radius 2 is 2.04 bits per heavy atom. The molecule has 0 bridgehead atoms. The quantitative estimate of drug-likeness (QED) is 0.718. The van der Waals surface area contributed by atoms with E-state index in [1.165, 1.54) is 5.56 Å². The molecule has 1 amide bonds. The lowest BCUT2D eigenvalue weighted by atomic mass is 9.95. The number of amides is 1. The zero-order chi connectivity index (χ0) is 18.5. The predicted molar refractivity (Wildman–Crippen MR) is 109 cm³/mol. The van der Waals surface area contributed by atoms with Gasteiger partial charge in [0.25, 0.3) is 0 Å². The molecule has 1 saturated heterocycles. The number of anilines is 1. The van der Waals surface area contributed by atoms with Crippen molar-refractivity contribution in [1.82, 2.24) is 4.90 Å². The van der Waals surface area contributed by atoms with Crippen LogP contribution in [0.25, 0.3) is 0 Å². The smallest absolute Gasteiger partial charge is 0.227 e. The summed E-state index contributed by atoms with van der Waals surface area (Å²) in [6.45, 7) is 2.71. The summed E-state index contributed by atoms with van der Waals surface area (Å²) in [6, 6.07) is 13.6. The number of hydrogen-bond acceptors (Lipinski definition) is 3. The molecular formula is C20H22BrClN2O2. The Labute approximate surface area is 167 Å². The predicted octanol–water partition coefficient (Wildman–Crippen LogP) is 4.96. The minimum atomic E-state index is 0.0407. The third-order valence-electron chi connectivity index (χ3n) is 4.69. The fraction of sp³-hybridized carbons (Fsp3) is 0.350. The zero-order valence-electron chi connectivity index (χ0n) is 14.7. The number of methoxy groups -OCH3 is 1. The Balaban J connectivity index is 1.51. The molecule has 0 unspecified atom stereocenters. The molecule has 6 heteroatoms. The van der Waals surface area contributed by atoms with Crippen LogP contribution in [-0.4, -0.2) is 31.0 Å². The lowest BCUT2D eigenvalue weighted by Gasteiger charge is -2.31. The number of benzene rings is 2. The topological polar surface area (TPSA) is 41.6 Å². The Kier molecular flexibility index (Phi) is 6.57. The van der Waals surface area contributed by atoms with Crippen LogP contribution in [-0.2, 0) is 11.3 Å². The average Bonchev–Trinajstić information content (AvgIpc) is 2.65. The molecule has 26 heavy (non-hydrogen) atoms. The molecule has 0 atom stereocenters. The molecule has 3 rings (SSSR count). The Morgan fingerprint density at radius 1 is 1.27 bits per heavy atom. The van der Waals surface area contributed by atoms with Gasteiger partial charge in [0.15, 0.2) is 0 Å². The molecule has 0 radical (unpaired) electrons. The lowest BCUT2D eigenvalue weighted by molar-refractivity contribution is -0.121. The van der Waals surface area contributed by atoms with Crippen molar-refractivity contribution in [3.63, 3.8) is 0 Å². The summed E-state index contributed by atoms with van der Waals surface area (Å²) in [6.07, 6.45) is 1.72. The summed E-state index contributed by atoms with van der Waals surface area (Å²) >= 11 is 9.44. The van der Waals surface area contributed by atoms with Gasteiger partial charge in [-0.15, -0.1) is 0 Å². The number of ether oxygens (including phenoxy) is 1. The van der Waals surface area contributed by atoms with Crippen molar-refractivity contribution in [2.45, 2.75) is 19.4 Å². The first-order valence-corrected chi connectivity index (χ1v) is 9.83. The molecule has 1 aliphatic heterocycles. The molecule has 1 fully saturated rings. The van der Waals surface area contributed by atoms with E-state index in [1.807, 2.05) is 24.3 Å². The normalized spacial score (nSPS) is 15.7. The van der Waals surface area contributed by atoms with E-state index in [-0.39, 0.29) is 11.8 Å². The fourth-order valence-electron chi connectivity index (χ4n) is 3.20. The zero-order valence-corrected chi connectivity index (χ0v) is 17.0. The van der Waals surface area contributed by atoms with E-state index < -0.39 is 0 Å². The van der Waals surface area contributed by atoms with Gasteiger partial charge in [-0.3, -0.25) is 9.69 Å². The lowest BCUT2D eigenvalue weighted by Crippen LogP contribution is -2.37. The summed E-state index contributed by atoms with van der Waals surface area (Å²) in [4.78, 5) is 14.9. The summed E-state index contributed by atoms with van der Waals surface area (Å²) in [7, 11) is 1.68. The first kappa shape index (κ1) is 19.2. The summed E-state index contributed by atoms with van der Waals surface area (Å²) in [5.74, 6) is 0.994. The van der Waals surface area contributed by atoms with Crippen molar-refractivity contribution in [2.75, 3.05) is 25.5 Å². The van der Waals surface area contributed by atoms with E-state index in [1.54, 1.807) is 13.2 Å². The minimum absolute atomic E-state index is 0.0407. The van der Waals surface area contributed by atoms with Gasteiger partial charge in [-0.25, -0.2) is 0 Å². The second-order valence-corrected chi connectivity index (χ2v) is 7.78. The first-order valence-electron chi connectivity index (χ1n) is 8.66. The number of nitrogens with zero attached hydrogens (tertiary/aromatic N) is 1. The van der Waals surface area contributed by atoms with Gasteiger partial charge in [-0.2, -0.15) is 0 Å². The van der Waals surface area contributed by atoms with E-state index in [4.69, 9.17) is 16.3 Å². The SMILES string of the molecule is COc1cccc(CN2CCC(C(=O)Nc3ccc(Br)c(Cl)c3)CC2)c1. The maximum absolute atomic E-state index is 12.5. The Hall–Kier alpha value is -1.56. The van der Waals surface area contributed by atoms with E-state index in [0.29, 0.717) is 5.02 Å². The van der Waals surface area contributed by atoms with Crippen molar-refractivity contribution < 1.29 is 9.53 Å².